The van der Waals surface area contributed by atoms with E-state index in [9.17, 15) is 13.2 Å². The summed E-state index contributed by atoms with van der Waals surface area (Å²) < 4.78 is 24.4. The molecule has 4 fully saturated rings. The third-order valence-electron chi connectivity index (χ3n) is 6.58. The van der Waals surface area contributed by atoms with Crippen LogP contribution in [0.25, 0.3) is 0 Å². The van der Waals surface area contributed by atoms with E-state index in [0.29, 0.717) is 18.4 Å². The fourth-order valence-electron chi connectivity index (χ4n) is 5.45. The Labute approximate surface area is 164 Å². The lowest BCUT2D eigenvalue weighted by molar-refractivity contribution is -0.117. The van der Waals surface area contributed by atoms with E-state index >= 15 is 0 Å². The number of carbonyl (C=O) groups is 1. The standard InChI is InChI=1S/C20H24N2O3S2/c23-19(10-13-4-2-1-3-5-13)21-20-22(16-9-14-6-7-15(16)8-14)17-11-27(24,25)12-18(17)26-20/h1-5,14-18H,6-12H2/t14-,15-,16+,17-,18+/m0/s1. The molecule has 5 rings (SSSR count). The molecule has 2 aliphatic heterocycles. The van der Waals surface area contributed by atoms with Crippen LogP contribution in [0, 0.1) is 11.8 Å². The normalized spacial score (nSPS) is 37.9. The van der Waals surface area contributed by atoms with Crippen molar-refractivity contribution in [2.24, 2.45) is 16.8 Å². The van der Waals surface area contributed by atoms with Crippen LogP contribution in [0.15, 0.2) is 35.3 Å². The number of fused-ring (bicyclic) bond motifs is 3. The van der Waals surface area contributed by atoms with Gasteiger partial charge < -0.3 is 4.90 Å². The third-order valence-corrected chi connectivity index (χ3v) is 9.81. The van der Waals surface area contributed by atoms with Gasteiger partial charge in [-0.1, -0.05) is 48.5 Å². The van der Waals surface area contributed by atoms with Crippen LogP contribution < -0.4 is 0 Å². The summed E-state index contributed by atoms with van der Waals surface area (Å²) in [5.41, 5.74) is 0.962. The van der Waals surface area contributed by atoms with Crippen LogP contribution in [0.5, 0.6) is 0 Å². The van der Waals surface area contributed by atoms with E-state index in [-0.39, 0.29) is 28.7 Å². The van der Waals surface area contributed by atoms with Crippen molar-refractivity contribution in [2.45, 2.75) is 49.4 Å². The second-order valence-electron chi connectivity index (χ2n) is 8.40. The quantitative estimate of drug-likeness (QED) is 0.774. The smallest absolute Gasteiger partial charge is 0.252 e. The lowest BCUT2D eigenvalue weighted by atomic mass is 9.93. The van der Waals surface area contributed by atoms with E-state index in [4.69, 9.17) is 0 Å². The zero-order chi connectivity index (χ0) is 18.6. The highest BCUT2D eigenvalue weighted by Crippen LogP contribution is 2.51. The first-order valence-electron chi connectivity index (χ1n) is 9.79. The molecule has 0 spiro atoms. The highest BCUT2D eigenvalue weighted by molar-refractivity contribution is 8.15. The topological polar surface area (TPSA) is 66.8 Å². The van der Waals surface area contributed by atoms with Gasteiger partial charge in [0.1, 0.15) is 0 Å². The van der Waals surface area contributed by atoms with E-state index in [0.717, 1.165) is 23.1 Å². The molecule has 0 unspecified atom stereocenters. The number of sulfone groups is 1. The number of aliphatic imine (C=N–C) groups is 1. The summed E-state index contributed by atoms with van der Waals surface area (Å²) in [4.78, 5) is 19.3. The number of rotatable bonds is 3. The van der Waals surface area contributed by atoms with Crippen molar-refractivity contribution in [2.75, 3.05) is 11.5 Å². The van der Waals surface area contributed by atoms with Crippen molar-refractivity contribution in [1.82, 2.24) is 4.90 Å². The molecule has 2 saturated carbocycles. The minimum absolute atomic E-state index is 0.00683. The van der Waals surface area contributed by atoms with Crippen LogP contribution in [0.2, 0.25) is 0 Å². The van der Waals surface area contributed by atoms with Crippen molar-refractivity contribution in [3.63, 3.8) is 0 Å². The number of amides is 1. The number of amidine groups is 1. The molecule has 2 aliphatic carbocycles. The van der Waals surface area contributed by atoms with E-state index < -0.39 is 9.84 Å². The Hall–Kier alpha value is -1.34. The average Bonchev–Trinajstić information content (AvgIpc) is 3.35. The van der Waals surface area contributed by atoms with Gasteiger partial charge in [0.15, 0.2) is 15.0 Å². The lowest BCUT2D eigenvalue weighted by Crippen LogP contribution is -2.47. The summed E-state index contributed by atoms with van der Waals surface area (Å²) in [6.45, 7) is 0. The van der Waals surface area contributed by atoms with Gasteiger partial charge in [0.2, 0.25) is 0 Å². The molecule has 0 N–H and O–H groups in total. The molecule has 0 radical (unpaired) electrons. The first-order chi connectivity index (χ1) is 13.0. The molecule has 1 amide bonds. The molecule has 4 aliphatic rings. The van der Waals surface area contributed by atoms with E-state index in [1.54, 1.807) is 0 Å². The SMILES string of the molecule is O=C(Cc1ccccc1)N=C1S[C@@H]2CS(=O)(=O)C[C@@H]2N1[C@@H]1C[C@H]2CC[C@H]1C2. The summed E-state index contributed by atoms with van der Waals surface area (Å²) in [7, 11) is -2.98. The summed E-state index contributed by atoms with van der Waals surface area (Å²) in [6, 6.07) is 10.0. The van der Waals surface area contributed by atoms with Gasteiger partial charge in [0, 0.05) is 11.3 Å². The largest absolute Gasteiger partial charge is 0.343 e. The Morgan fingerprint density at radius 1 is 1.11 bits per heavy atom. The van der Waals surface area contributed by atoms with Crippen molar-refractivity contribution in [3.05, 3.63) is 35.9 Å². The number of hydrogen-bond donors (Lipinski definition) is 0. The molecule has 5 atom stereocenters. The van der Waals surface area contributed by atoms with Gasteiger partial charge >= 0.3 is 0 Å². The van der Waals surface area contributed by atoms with Crippen molar-refractivity contribution < 1.29 is 13.2 Å². The molecule has 2 bridgehead atoms. The van der Waals surface area contributed by atoms with E-state index in [1.165, 1.54) is 31.0 Å². The molecule has 0 aromatic heterocycles. The second-order valence-corrected chi connectivity index (χ2v) is 11.8. The summed E-state index contributed by atoms with van der Waals surface area (Å²) in [6.07, 6.45) is 5.20. The number of carbonyl (C=O) groups excluding carboxylic acids is 1. The number of benzene rings is 1. The first-order valence-corrected chi connectivity index (χ1v) is 12.5. The van der Waals surface area contributed by atoms with Crippen LogP contribution in [-0.4, -0.2) is 53.2 Å². The van der Waals surface area contributed by atoms with Gasteiger partial charge in [0.05, 0.1) is 24.0 Å². The monoisotopic (exact) mass is 404 g/mol. The van der Waals surface area contributed by atoms with Gasteiger partial charge in [-0.25, -0.2) is 8.42 Å². The minimum atomic E-state index is -2.98. The summed E-state index contributed by atoms with van der Waals surface area (Å²) in [5, 5.41) is 0.802. The zero-order valence-corrected chi connectivity index (χ0v) is 16.8. The highest BCUT2D eigenvalue weighted by Gasteiger charge is 2.54. The van der Waals surface area contributed by atoms with Gasteiger partial charge in [-0.2, -0.15) is 4.99 Å². The molecule has 5 nitrogen and oxygen atoms in total. The first kappa shape index (κ1) is 17.7. The number of thioether (sulfide) groups is 1. The summed E-state index contributed by atoms with van der Waals surface area (Å²) in [5.74, 6) is 1.69. The van der Waals surface area contributed by atoms with Crippen LogP contribution in [0.1, 0.15) is 31.2 Å². The van der Waals surface area contributed by atoms with Crippen molar-refractivity contribution in [3.8, 4) is 0 Å². The molecule has 1 aromatic rings. The maximum Gasteiger partial charge on any atom is 0.252 e. The molecular weight excluding hydrogens is 380 g/mol. The molecular formula is C20H24N2O3S2. The molecule has 2 heterocycles. The predicted molar refractivity (Wildman–Crippen MR) is 107 cm³/mol. The van der Waals surface area contributed by atoms with Crippen LogP contribution >= 0.6 is 11.8 Å². The second kappa shape index (κ2) is 6.62. The van der Waals surface area contributed by atoms with E-state index in [1.807, 2.05) is 30.3 Å². The minimum Gasteiger partial charge on any atom is -0.343 e. The highest BCUT2D eigenvalue weighted by atomic mass is 32.2. The number of hydrogen-bond acceptors (Lipinski definition) is 4. The molecule has 144 valence electrons. The van der Waals surface area contributed by atoms with Gasteiger partial charge in [-0.05, 0) is 36.7 Å². The fraction of sp³-hybridized carbons (Fsp3) is 0.600. The van der Waals surface area contributed by atoms with Crippen LogP contribution in [0.3, 0.4) is 0 Å². The van der Waals surface area contributed by atoms with Crippen LogP contribution in [0.4, 0.5) is 0 Å². The third kappa shape index (κ3) is 3.33. The molecule has 7 heteroatoms. The Balaban J connectivity index is 1.41. The Kier molecular flexibility index (Phi) is 4.35. The van der Waals surface area contributed by atoms with Crippen molar-refractivity contribution in [1.29, 1.82) is 0 Å². The Morgan fingerprint density at radius 2 is 1.93 bits per heavy atom. The molecule has 27 heavy (non-hydrogen) atoms. The molecule has 1 aromatic carbocycles. The summed E-state index contributed by atoms with van der Waals surface area (Å²) >= 11 is 1.52. The zero-order valence-electron chi connectivity index (χ0n) is 15.2. The van der Waals surface area contributed by atoms with Gasteiger partial charge in [0.25, 0.3) is 5.91 Å². The van der Waals surface area contributed by atoms with Gasteiger partial charge in [-0.15, -0.1) is 0 Å². The lowest BCUT2D eigenvalue weighted by Gasteiger charge is -2.36. The maximum atomic E-state index is 12.6. The van der Waals surface area contributed by atoms with E-state index in [2.05, 4.69) is 9.89 Å². The molecule has 2 saturated heterocycles. The fourth-order valence-corrected chi connectivity index (χ4v) is 9.44. The Bertz CT molecular complexity index is 884. The predicted octanol–water partition coefficient (Wildman–Crippen LogP) is 2.51. The maximum absolute atomic E-state index is 12.6. The average molecular weight is 405 g/mol. The number of nitrogens with zero attached hydrogens (tertiary/aromatic N) is 2. The Morgan fingerprint density at radius 3 is 2.63 bits per heavy atom. The van der Waals surface area contributed by atoms with Crippen molar-refractivity contribution >= 4 is 32.7 Å². The van der Waals surface area contributed by atoms with Gasteiger partial charge in [-0.3, -0.25) is 4.79 Å². The van der Waals surface area contributed by atoms with Crippen LogP contribution in [-0.2, 0) is 21.1 Å².